The van der Waals surface area contributed by atoms with Crippen molar-refractivity contribution in [1.82, 2.24) is 14.9 Å². The zero-order valence-corrected chi connectivity index (χ0v) is 21.9. The van der Waals surface area contributed by atoms with E-state index in [1.165, 1.54) is 12.1 Å². The number of aryl methyl sites for hydroxylation is 1. The maximum Gasteiger partial charge on any atom is 0.227 e. The fourth-order valence-corrected chi connectivity index (χ4v) is 6.04. The van der Waals surface area contributed by atoms with Crippen molar-refractivity contribution in [3.05, 3.63) is 65.6 Å². The Morgan fingerprint density at radius 3 is 2.49 bits per heavy atom. The summed E-state index contributed by atoms with van der Waals surface area (Å²) in [5.41, 5.74) is 3.51. The molecule has 10 heteroatoms. The van der Waals surface area contributed by atoms with Crippen LogP contribution in [0.15, 0.2) is 53.4 Å². The number of anilines is 4. The van der Waals surface area contributed by atoms with Crippen LogP contribution in [0.3, 0.4) is 0 Å². The van der Waals surface area contributed by atoms with Gasteiger partial charge in [0, 0.05) is 56.1 Å². The molecule has 3 aromatic rings. The van der Waals surface area contributed by atoms with Crippen LogP contribution in [0.1, 0.15) is 11.3 Å². The molecule has 1 saturated heterocycles. The number of rotatable bonds is 8. The van der Waals surface area contributed by atoms with Crippen LogP contribution in [0.25, 0.3) is 0 Å². The molecule has 2 aliphatic rings. The summed E-state index contributed by atoms with van der Waals surface area (Å²) in [6.07, 6.45) is 1.08. The zero-order chi connectivity index (χ0) is 25.9. The van der Waals surface area contributed by atoms with Crippen LogP contribution < -0.4 is 15.1 Å². The molecule has 1 unspecified atom stereocenters. The number of aromatic nitrogens is 2. The minimum absolute atomic E-state index is 0.204. The fourth-order valence-electron chi connectivity index (χ4n) is 4.74. The van der Waals surface area contributed by atoms with Gasteiger partial charge in [-0.3, -0.25) is 9.00 Å². The van der Waals surface area contributed by atoms with Gasteiger partial charge < -0.3 is 20.0 Å². The van der Waals surface area contributed by atoms with Crippen LogP contribution in [0.5, 0.6) is 0 Å². The largest absolute Gasteiger partial charge is 0.368 e. The quantitative estimate of drug-likeness (QED) is 0.484. The highest BCUT2D eigenvalue weighted by Crippen LogP contribution is 2.32. The van der Waals surface area contributed by atoms with Crippen LogP contribution in [0, 0.1) is 5.82 Å². The third-order valence-corrected chi connectivity index (χ3v) is 7.98. The summed E-state index contributed by atoms with van der Waals surface area (Å²) in [5, 5.41) is 3.17. The molecule has 194 valence electrons. The zero-order valence-electron chi connectivity index (χ0n) is 21.1. The van der Waals surface area contributed by atoms with Crippen molar-refractivity contribution in [2.24, 2.45) is 0 Å². The summed E-state index contributed by atoms with van der Waals surface area (Å²) in [7, 11) is 2.63. The minimum Gasteiger partial charge on any atom is -0.368 e. The van der Waals surface area contributed by atoms with E-state index < -0.39 is 10.8 Å². The monoisotopic (exact) mass is 522 g/mol. The van der Waals surface area contributed by atoms with E-state index in [9.17, 15) is 13.4 Å². The first kappa shape index (κ1) is 25.3. The second-order valence-electron chi connectivity index (χ2n) is 9.68. The van der Waals surface area contributed by atoms with E-state index in [4.69, 9.17) is 9.97 Å². The number of carbonyl (C=O) groups excluding carboxylic acids is 1. The molecule has 0 spiro atoms. The number of nitrogens with zero attached hydrogens (tertiary/aromatic N) is 5. The number of likely N-dealkylation sites (N-methyl/N-ethyl adjacent to an activating group) is 1. The number of piperazine rings is 1. The Bertz CT molecular complexity index is 1310. The third kappa shape index (κ3) is 5.97. The van der Waals surface area contributed by atoms with Crippen molar-refractivity contribution in [3.8, 4) is 0 Å². The van der Waals surface area contributed by atoms with E-state index >= 15 is 0 Å². The van der Waals surface area contributed by atoms with Gasteiger partial charge >= 0.3 is 0 Å². The van der Waals surface area contributed by atoms with Crippen molar-refractivity contribution < 1.29 is 13.4 Å². The maximum atomic E-state index is 13.7. The number of nitrogens with one attached hydrogen (secondary N) is 1. The first-order chi connectivity index (χ1) is 17.9. The molecule has 0 saturated carbocycles. The molecule has 1 N–H and O–H groups in total. The SMILES string of the molecule is CN(C)CC(=O)Cc1ccc(N2CCN(c3nc4c(c(Nc5cccc(F)c5)n3)S(=O)CC4)CC2)cc1. The van der Waals surface area contributed by atoms with Gasteiger partial charge in [0.2, 0.25) is 5.95 Å². The Labute approximate surface area is 219 Å². The van der Waals surface area contributed by atoms with Crippen molar-refractivity contribution in [2.75, 3.05) is 67.7 Å². The minimum atomic E-state index is -1.17. The van der Waals surface area contributed by atoms with Gasteiger partial charge in [0.05, 0.1) is 23.0 Å². The predicted octanol–water partition coefficient (Wildman–Crippen LogP) is 3.02. The topological polar surface area (TPSA) is 81.7 Å². The highest BCUT2D eigenvalue weighted by Gasteiger charge is 2.28. The lowest BCUT2D eigenvalue weighted by molar-refractivity contribution is -0.119. The molecule has 5 rings (SSSR count). The molecular weight excluding hydrogens is 491 g/mol. The maximum absolute atomic E-state index is 13.7. The Hall–Kier alpha value is -3.37. The number of Topliss-reactive ketones (excluding diaryl/α,β-unsaturated/α-hetero) is 1. The first-order valence-electron chi connectivity index (χ1n) is 12.4. The molecule has 3 heterocycles. The summed E-state index contributed by atoms with van der Waals surface area (Å²) >= 11 is 0. The average molecular weight is 523 g/mol. The van der Waals surface area contributed by atoms with Gasteiger partial charge in [0.25, 0.3) is 0 Å². The Kier molecular flexibility index (Phi) is 7.48. The van der Waals surface area contributed by atoms with Gasteiger partial charge in [0.1, 0.15) is 10.7 Å². The van der Waals surface area contributed by atoms with Crippen molar-refractivity contribution in [3.63, 3.8) is 0 Å². The molecule has 2 aromatic carbocycles. The molecule has 0 bridgehead atoms. The lowest BCUT2D eigenvalue weighted by Crippen LogP contribution is -2.47. The molecule has 2 aliphatic heterocycles. The van der Waals surface area contributed by atoms with Crippen LogP contribution in [-0.4, -0.2) is 77.4 Å². The first-order valence-corrected chi connectivity index (χ1v) is 13.7. The van der Waals surface area contributed by atoms with Gasteiger partial charge in [-0.1, -0.05) is 18.2 Å². The summed E-state index contributed by atoms with van der Waals surface area (Å²) in [6, 6.07) is 14.4. The lowest BCUT2D eigenvalue weighted by atomic mass is 10.1. The highest BCUT2D eigenvalue weighted by molar-refractivity contribution is 7.85. The van der Waals surface area contributed by atoms with E-state index in [1.54, 1.807) is 12.1 Å². The second-order valence-corrected chi connectivity index (χ2v) is 11.2. The van der Waals surface area contributed by atoms with E-state index in [0.717, 1.165) is 43.1 Å². The number of benzene rings is 2. The van der Waals surface area contributed by atoms with Crippen LogP contribution in [0.2, 0.25) is 0 Å². The van der Waals surface area contributed by atoms with E-state index in [-0.39, 0.29) is 11.6 Å². The summed E-state index contributed by atoms with van der Waals surface area (Å²) < 4.78 is 26.4. The molecule has 0 aliphatic carbocycles. The van der Waals surface area contributed by atoms with E-state index in [2.05, 4.69) is 27.2 Å². The van der Waals surface area contributed by atoms with Crippen molar-refractivity contribution >= 4 is 39.7 Å². The molecule has 8 nitrogen and oxygen atoms in total. The highest BCUT2D eigenvalue weighted by atomic mass is 32.2. The molecule has 1 fully saturated rings. The molecule has 1 aromatic heterocycles. The van der Waals surface area contributed by atoms with Crippen molar-refractivity contribution in [2.45, 2.75) is 17.7 Å². The standard InChI is InChI=1S/C27H31FN6O2S/c1-32(2)18-23(35)16-19-6-8-22(9-7-19)33-11-13-34(14-12-33)27-30-24-10-15-37(36)25(24)26(31-27)29-21-5-3-4-20(28)17-21/h3-9,17H,10-16,18H2,1-2H3,(H,29,30,31). The van der Waals surface area contributed by atoms with Crippen LogP contribution in [-0.2, 0) is 28.4 Å². The number of carbonyl (C=O) groups is 1. The van der Waals surface area contributed by atoms with Gasteiger partial charge in [-0.25, -0.2) is 9.37 Å². The summed E-state index contributed by atoms with van der Waals surface area (Å²) in [4.78, 5) is 28.6. The van der Waals surface area contributed by atoms with Gasteiger partial charge in [0.15, 0.2) is 11.6 Å². The van der Waals surface area contributed by atoms with Crippen LogP contribution >= 0.6 is 0 Å². The fraction of sp³-hybridized carbons (Fsp3) is 0.370. The number of ketones is 1. The average Bonchev–Trinajstić information content (AvgIpc) is 3.25. The number of halogens is 1. The smallest absolute Gasteiger partial charge is 0.227 e. The van der Waals surface area contributed by atoms with Gasteiger partial charge in [-0.2, -0.15) is 4.98 Å². The van der Waals surface area contributed by atoms with E-state index in [1.807, 2.05) is 31.1 Å². The molecular formula is C27H31FN6O2S. The molecule has 0 radical (unpaired) electrons. The van der Waals surface area contributed by atoms with Crippen LogP contribution in [0.4, 0.5) is 27.5 Å². The Balaban J connectivity index is 1.27. The van der Waals surface area contributed by atoms with E-state index in [0.29, 0.717) is 47.5 Å². The predicted molar refractivity (Wildman–Crippen MR) is 145 cm³/mol. The number of fused-ring (bicyclic) bond motifs is 1. The Morgan fingerprint density at radius 2 is 1.78 bits per heavy atom. The Morgan fingerprint density at radius 1 is 1.05 bits per heavy atom. The molecule has 37 heavy (non-hydrogen) atoms. The molecule has 1 atom stereocenters. The normalized spacial score (nSPS) is 17.2. The summed E-state index contributed by atoms with van der Waals surface area (Å²) in [5.74, 6) is 1.47. The summed E-state index contributed by atoms with van der Waals surface area (Å²) in [6.45, 7) is 3.54. The van der Waals surface area contributed by atoms with Crippen molar-refractivity contribution in [1.29, 1.82) is 0 Å². The third-order valence-electron chi connectivity index (χ3n) is 6.52. The number of hydrogen-bond acceptors (Lipinski definition) is 8. The van der Waals surface area contributed by atoms with Gasteiger partial charge in [-0.15, -0.1) is 0 Å². The molecule has 0 amide bonds. The van der Waals surface area contributed by atoms with Gasteiger partial charge in [-0.05, 0) is 50.0 Å². The second kappa shape index (κ2) is 10.9. The lowest BCUT2D eigenvalue weighted by Gasteiger charge is -2.36. The number of hydrogen-bond donors (Lipinski definition) is 1.